The number of hydrogen-bond donors (Lipinski definition) is 0. The topological polar surface area (TPSA) is 15.7 Å². The van der Waals surface area contributed by atoms with Crippen LogP contribution in [0.3, 0.4) is 0 Å². The summed E-state index contributed by atoms with van der Waals surface area (Å²) in [7, 11) is 6.11. The smallest absolute Gasteiger partial charge is 0.227 e. The molecule has 0 spiro atoms. The number of anilines is 2. The molecular formula is C18H20N2OS2. The highest BCUT2D eigenvalue weighted by Gasteiger charge is 2.62. The van der Waals surface area contributed by atoms with Crippen molar-refractivity contribution >= 4 is 34.9 Å². The number of benzene rings is 2. The van der Waals surface area contributed by atoms with Gasteiger partial charge in [-0.3, -0.25) is 0 Å². The van der Waals surface area contributed by atoms with Crippen molar-refractivity contribution in [2.75, 3.05) is 31.0 Å². The average molecular weight is 345 g/mol. The monoisotopic (exact) mass is 344 g/mol. The third-order valence-corrected chi connectivity index (χ3v) is 8.28. The van der Waals surface area contributed by atoms with Gasteiger partial charge >= 0.3 is 0 Å². The number of nitrogens with zero attached hydrogens (tertiary/aromatic N) is 2. The van der Waals surface area contributed by atoms with Crippen LogP contribution in [0.2, 0.25) is 0 Å². The van der Waals surface area contributed by atoms with Crippen molar-refractivity contribution in [1.82, 2.24) is 0 Å². The van der Waals surface area contributed by atoms with E-state index in [0.717, 1.165) is 0 Å². The van der Waals surface area contributed by atoms with E-state index in [1.165, 1.54) is 21.2 Å². The second-order valence-electron chi connectivity index (χ2n) is 6.03. The lowest BCUT2D eigenvalue weighted by Gasteiger charge is -2.49. The highest BCUT2D eigenvalue weighted by atomic mass is 32.2. The van der Waals surface area contributed by atoms with Gasteiger partial charge in [0.15, 0.2) is 0 Å². The summed E-state index contributed by atoms with van der Waals surface area (Å²) < 4.78 is 6.21. The normalized spacial score (nSPS) is 28.9. The molecule has 0 radical (unpaired) electrons. The molecule has 2 aliphatic heterocycles. The zero-order chi connectivity index (χ0) is 16.2. The number of methoxy groups -OCH3 is 1. The Hall–Kier alpha value is -1.30. The van der Waals surface area contributed by atoms with Gasteiger partial charge in [-0.1, -0.05) is 47.8 Å². The standard InChI is InChI=1S/C18H20N2OS2/c1-17(19(2)13-9-5-7-11-15(13)22-17)18(21-4)20(3)14-10-6-8-12-16(14)23-18/h5-12H,1-4H3. The Morgan fingerprint density at radius 3 is 1.87 bits per heavy atom. The molecular weight excluding hydrogens is 324 g/mol. The first kappa shape index (κ1) is 15.2. The molecule has 2 heterocycles. The van der Waals surface area contributed by atoms with Gasteiger partial charge in [-0.25, -0.2) is 0 Å². The van der Waals surface area contributed by atoms with E-state index in [4.69, 9.17) is 4.74 Å². The van der Waals surface area contributed by atoms with Gasteiger partial charge in [0.1, 0.15) is 4.87 Å². The van der Waals surface area contributed by atoms with Crippen LogP contribution >= 0.6 is 23.5 Å². The number of para-hydroxylation sites is 2. The maximum atomic E-state index is 6.21. The minimum absolute atomic E-state index is 0.246. The maximum absolute atomic E-state index is 6.21. The van der Waals surface area contributed by atoms with Crippen molar-refractivity contribution in [3.8, 4) is 0 Å². The second kappa shape index (κ2) is 5.10. The van der Waals surface area contributed by atoms with Gasteiger partial charge in [0.25, 0.3) is 0 Å². The summed E-state index contributed by atoms with van der Waals surface area (Å²) in [5, 5.41) is -0.491. The van der Waals surface area contributed by atoms with E-state index in [1.807, 2.05) is 18.9 Å². The van der Waals surface area contributed by atoms with Gasteiger partial charge in [0, 0.05) is 31.0 Å². The first-order chi connectivity index (χ1) is 11.0. The summed E-state index contributed by atoms with van der Waals surface area (Å²) in [6, 6.07) is 17.1. The van der Waals surface area contributed by atoms with E-state index in [9.17, 15) is 0 Å². The number of ether oxygens (including phenoxy) is 1. The van der Waals surface area contributed by atoms with Gasteiger partial charge in [0.2, 0.25) is 5.06 Å². The number of likely N-dealkylation sites (N-methyl/N-ethyl adjacent to an activating group) is 2. The molecule has 4 rings (SSSR count). The fourth-order valence-electron chi connectivity index (χ4n) is 3.58. The Labute approximate surface area is 146 Å². The highest BCUT2D eigenvalue weighted by molar-refractivity contribution is 8.05. The molecule has 0 aliphatic carbocycles. The number of thioether (sulfide) groups is 2. The number of fused-ring (bicyclic) bond motifs is 2. The summed E-state index contributed by atoms with van der Waals surface area (Å²) in [6.07, 6.45) is 0. The molecule has 2 atom stereocenters. The van der Waals surface area contributed by atoms with Crippen LogP contribution in [-0.4, -0.2) is 31.1 Å². The summed E-state index contributed by atoms with van der Waals surface area (Å²) in [5.74, 6) is 0. The molecule has 120 valence electrons. The molecule has 5 heteroatoms. The van der Waals surface area contributed by atoms with Crippen molar-refractivity contribution in [3.05, 3.63) is 48.5 Å². The van der Waals surface area contributed by atoms with Crippen LogP contribution in [-0.2, 0) is 4.74 Å². The largest absolute Gasteiger partial charge is 0.354 e. The Kier molecular flexibility index (Phi) is 3.38. The third-order valence-electron chi connectivity index (χ3n) is 4.95. The average Bonchev–Trinajstić information content (AvgIpc) is 3.02. The first-order valence-corrected chi connectivity index (χ1v) is 9.26. The lowest BCUT2D eigenvalue weighted by atomic mass is 10.1. The summed E-state index contributed by atoms with van der Waals surface area (Å²) >= 11 is 3.68. The van der Waals surface area contributed by atoms with Crippen molar-refractivity contribution < 1.29 is 4.74 Å². The number of rotatable bonds is 2. The molecule has 0 N–H and O–H groups in total. The Morgan fingerprint density at radius 1 is 0.826 bits per heavy atom. The molecule has 23 heavy (non-hydrogen) atoms. The molecule has 2 unspecified atom stereocenters. The number of hydrogen-bond acceptors (Lipinski definition) is 5. The van der Waals surface area contributed by atoms with Crippen molar-refractivity contribution in [1.29, 1.82) is 0 Å². The van der Waals surface area contributed by atoms with Crippen LogP contribution < -0.4 is 9.80 Å². The van der Waals surface area contributed by atoms with Crippen LogP contribution in [0.25, 0.3) is 0 Å². The van der Waals surface area contributed by atoms with Crippen LogP contribution in [0.15, 0.2) is 58.3 Å². The Morgan fingerprint density at radius 2 is 1.35 bits per heavy atom. The molecule has 0 fully saturated rings. The van der Waals surface area contributed by atoms with Crippen LogP contribution in [0.1, 0.15) is 6.92 Å². The van der Waals surface area contributed by atoms with E-state index < -0.39 is 5.06 Å². The van der Waals surface area contributed by atoms with Crippen molar-refractivity contribution in [2.45, 2.75) is 26.6 Å². The molecule has 0 saturated carbocycles. The van der Waals surface area contributed by atoms with Gasteiger partial charge in [-0.15, -0.1) is 0 Å². The van der Waals surface area contributed by atoms with E-state index in [1.54, 1.807) is 11.8 Å². The van der Waals surface area contributed by atoms with Gasteiger partial charge < -0.3 is 14.5 Å². The SMILES string of the molecule is COC1(C2(C)Sc3ccccc3N2C)Sc2ccccc2N1C. The molecule has 3 nitrogen and oxygen atoms in total. The molecule has 0 bridgehead atoms. The predicted octanol–water partition coefficient (Wildman–Crippen LogP) is 4.49. The molecule has 2 aromatic rings. The maximum Gasteiger partial charge on any atom is 0.227 e. The third kappa shape index (κ3) is 1.84. The molecule has 2 aromatic carbocycles. The molecule has 2 aliphatic rings. The fourth-order valence-corrected chi connectivity index (χ4v) is 6.70. The van der Waals surface area contributed by atoms with Crippen LogP contribution in [0.5, 0.6) is 0 Å². The Bertz CT molecular complexity index is 768. The Balaban J connectivity index is 1.83. The molecule has 0 aromatic heterocycles. The van der Waals surface area contributed by atoms with Crippen LogP contribution in [0.4, 0.5) is 11.4 Å². The van der Waals surface area contributed by atoms with Crippen molar-refractivity contribution in [2.24, 2.45) is 0 Å². The molecule has 0 saturated heterocycles. The summed E-state index contributed by atoms with van der Waals surface area (Å²) in [4.78, 5) is 6.96. The fraction of sp³-hybridized carbons (Fsp3) is 0.333. The first-order valence-electron chi connectivity index (χ1n) is 7.62. The van der Waals surface area contributed by atoms with E-state index >= 15 is 0 Å². The zero-order valence-corrected chi connectivity index (χ0v) is 15.4. The van der Waals surface area contributed by atoms with Gasteiger partial charge in [-0.2, -0.15) is 0 Å². The predicted molar refractivity (Wildman–Crippen MR) is 99.5 cm³/mol. The van der Waals surface area contributed by atoms with Crippen molar-refractivity contribution in [3.63, 3.8) is 0 Å². The minimum atomic E-state index is -0.491. The molecule has 0 amide bonds. The van der Waals surface area contributed by atoms with E-state index in [-0.39, 0.29) is 4.87 Å². The highest BCUT2D eigenvalue weighted by Crippen LogP contribution is 2.63. The second-order valence-corrected chi connectivity index (χ2v) is 8.66. The summed E-state index contributed by atoms with van der Waals surface area (Å²) in [6.45, 7) is 2.27. The minimum Gasteiger partial charge on any atom is -0.354 e. The van der Waals surface area contributed by atoms with E-state index in [2.05, 4.69) is 79.3 Å². The lowest BCUT2D eigenvalue weighted by molar-refractivity contribution is 0.0459. The van der Waals surface area contributed by atoms with E-state index in [0.29, 0.717) is 0 Å². The van der Waals surface area contributed by atoms with Gasteiger partial charge in [0.05, 0.1) is 11.4 Å². The summed E-state index contributed by atoms with van der Waals surface area (Å²) in [5.41, 5.74) is 2.49. The zero-order valence-electron chi connectivity index (χ0n) is 13.7. The van der Waals surface area contributed by atoms with Crippen LogP contribution in [0, 0.1) is 0 Å². The lowest BCUT2D eigenvalue weighted by Crippen LogP contribution is -2.63. The quantitative estimate of drug-likeness (QED) is 0.795. The van der Waals surface area contributed by atoms with Gasteiger partial charge in [-0.05, 0) is 31.2 Å².